The maximum Gasteiger partial charge on any atom is 0.128 e. The average Bonchev–Trinajstić information content (AvgIpc) is 2.51. The molecule has 0 amide bonds. The maximum atomic E-state index is 14.1. The Morgan fingerprint density at radius 3 is 2.43 bits per heavy atom. The highest BCUT2D eigenvalue weighted by Gasteiger charge is 2.20. The van der Waals surface area contributed by atoms with Crippen LogP contribution in [0.25, 0.3) is 0 Å². The lowest BCUT2D eigenvalue weighted by atomic mass is 9.97. The fourth-order valence-electron chi connectivity index (χ4n) is 2.27. The summed E-state index contributed by atoms with van der Waals surface area (Å²) in [6.07, 6.45) is 0. The van der Waals surface area contributed by atoms with Gasteiger partial charge >= 0.3 is 0 Å². The van der Waals surface area contributed by atoms with E-state index in [2.05, 4.69) is 21.2 Å². The second-order valence-corrected chi connectivity index (χ2v) is 5.41. The van der Waals surface area contributed by atoms with E-state index in [0.29, 0.717) is 17.1 Å². The van der Waals surface area contributed by atoms with Crippen molar-refractivity contribution < 1.29 is 13.9 Å². The second kappa shape index (κ2) is 6.91. The molecule has 0 saturated heterocycles. The Kier molecular flexibility index (Phi) is 5.20. The van der Waals surface area contributed by atoms with Crippen molar-refractivity contribution in [1.82, 2.24) is 5.32 Å². The molecule has 1 unspecified atom stereocenters. The number of benzene rings is 2. The van der Waals surface area contributed by atoms with E-state index in [0.717, 1.165) is 10.0 Å². The molecule has 0 saturated carbocycles. The Balaban J connectivity index is 2.53. The zero-order chi connectivity index (χ0) is 15.4. The SMILES string of the molecule is CNC(c1cc(Br)ccc1F)c1ccc(OC)cc1OC. The van der Waals surface area contributed by atoms with Crippen LogP contribution in [0.4, 0.5) is 4.39 Å². The highest BCUT2D eigenvalue weighted by atomic mass is 79.9. The minimum atomic E-state index is -0.316. The number of halogens is 2. The molecule has 0 aliphatic heterocycles. The molecule has 2 rings (SSSR count). The van der Waals surface area contributed by atoms with Crippen LogP contribution in [0, 0.1) is 5.82 Å². The van der Waals surface area contributed by atoms with E-state index >= 15 is 0 Å². The van der Waals surface area contributed by atoms with Crippen LogP contribution in [0.2, 0.25) is 0 Å². The Labute approximate surface area is 132 Å². The maximum absolute atomic E-state index is 14.1. The number of hydrogen-bond donors (Lipinski definition) is 1. The Hall–Kier alpha value is -1.59. The number of rotatable bonds is 5. The first-order chi connectivity index (χ1) is 10.1. The smallest absolute Gasteiger partial charge is 0.128 e. The fraction of sp³-hybridized carbons (Fsp3) is 0.250. The van der Waals surface area contributed by atoms with Crippen molar-refractivity contribution in [3.63, 3.8) is 0 Å². The van der Waals surface area contributed by atoms with E-state index in [1.54, 1.807) is 39.5 Å². The minimum Gasteiger partial charge on any atom is -0.497 e. The van der Waals surface area contributed by atoms with Gasteiger partial charge in [-0.25, -0.2) is 4.39 Å². The minimum absolute atomic E-state index is 0.268. The van der Waals surface area contributed by atoms with Crippen LogP contribution >= 0.6 is 15.9 Å². The molecule has 0 fully saturated rings. The van der Waals surface area contributed by atoms with Crippen LogP contribution in [0.15, 0.2) is 40.9 Å². The van der Waals surface area contributed by atoms with E-state index in [1.165, 1.54) is 6.07 Å². The first-order valence-corrected chi connectivity index (χ1v) is 7.24. The highest BCUT2D eigenvalue weighted by Crippen LogP contribution is 2.34. The topological polar surface area (TPSA) is 30.5 Å². The molecule has 0 aromatic heterocycles. The molecule has 3 nitrogen and oxygen atoms in total. The number of methoxy groups -OCH3 is 2. The van der Waals surface area contributed by atoms with Gasteiger partial charge in [0.2, 0.25) is 0 Å². The lowest BCUT2D eigenvalue weighted by Crippen LogP contribution is -2.19. The van der Waals surface area contributed by atoms with Gasteiger partial charge < -0.3 is 14.8 Å². The predicted molar refractivity (Wildman–Crippen MR) is 84.5 cm³/mol. The summed E-state index contributed by atoms with van der Waals surface area (Å²) in [5, 5.41) is 3.13. The van der Waals surface area contributed by atoms with E-state index in [9.17, 15) is 4.39 Å². The third-order valence-electron chi connectivity index (χ3n) is 3.31. The van der Waals surface area contributed by atoms with Crippen LogP contribution < -0.4 is 14.8 Å². The summed E-state index contributed by atoms with van der Waals surface area (Å²) in [5.74, 6) is 1.07. The van der Waals surface area contributed by atoms with Crippen molar-refractivity contribution in [2.24, 2.45) is 0 Å². The van der Waals surface area contributed by atoms with Crippen molar-refractivity contribution in [2.45, 2.75) is 6.04 Å². The molecule has 5 heteroatoms. The first kappa shape index (κ1) is 15.8. The molecule has 0 bridgehead atoms. The number of hydrogen-bond acceptors (Lipinski definition) is 3. The summed E-state index contributed by atoms with van der Waals surface area (Å²) in [5.41, 5.74) is 1.40. The normalized spacial score (nSPS) is 12.0. The van der Waals surface area contributed by atoms with Crippen molar-refractivity contribution in [2.75, 3.05) is 21.3 Å². The van der Waals surface area contributed by atoms with Crippen LogP contribution in [0.1, 0.15) is 17.2 Å². The van der Waals surface area contributed by atoms with Crippen molar-refractivity contribution in [1.29, 1.82) is 0 Å². The highest BCUT2D eigenvalue weighted by molar-refractivity contribution is 9.10. The molecule has 0 aliphatic carbocycles. The molecular formula is C16H17BrFNO2. The Morgan fingerprint density at radius 2 is 1.81 bits per heavy atom. The van der Waals surface area contributed by atoms with Crippen LogP contribution in [-0.4, -0.2) is 21.3 Å². The third-order valence-corrected chi connectivity index (χ3v) is 3.80. The monoisotopic (exact) mass is 353 g/mol. The second-order valence-electron chi connectivity index (χ2n) is 4.50. The van der Waals surface area contributed by atoms with Gasteiger partial charge in [0.05, 0.1) is 20.3 Å². The zero-order valence-corrected chi connectivity index (χ0v) is 13.7. The van der Waals surface area contributed by atoms with Gasteiger partial charge in [0.1, 0.15) is 17.3 Å². The Morgan fingerprint density at radius 1 is 1.05 bits per heavy atom. The van der Waals surface area contributed by atoms with Crippen LogP contribution in [-0.2, 0) is 0 Å². The van der Waals surface area contributed by atoms with Gasteiger partial charge in [-0.3, -0.25) is 0 Å². The largest absolute Gasteiger partial charge is 0.497 e. The molecule has 1 atom stereocenters. The quantitative estimate of drug-likeness (QED) is 0.883. The first-order valence-electron chi connectivity index (χ1n) is 6.44. The summed E-state index contributed by atoms with van der Waals surface area (Å²) in [4.78, 5) is 0. The standard InChI is InChI=1S/C16H17BrFNO2/c1-19-16(13-8-10(17)4-7-14(13)18)12-6-5-11(20-2)9-15(12)21-3/h4-9,16,19H,1-3H3. The summed E-state index contributed by atoms with van der Waals surface area (Å²) in [7, 11) is 4.97. The Bertz CT molecular complexity index is 634. The lowest BCUT2D eigenvalue weighted by Gasteiger charge is -2.21. The molecule has 0 radical (unpaired) electrons. The van der Waals surface area contributed by atoms with E-state index in [-0.39, 0.29) is 11.9 Å². The number of ether oxygens (including phenoxy) is 2. The van der Waals surface area contributed by atoms with Gasteiger partial charge in [0, 0.05) is 21.7 Å². The molecule has 0 heterocycles. The zero-order valence-electron chi connectivity index (χ0n) is 12.1. The molecule has 1 N–H and O–H groups in total. The predicted octanol–water partition coefficient (Wildman–Crippen LogP) is 3.91. The van der Waals surface area contributed by atoms with Crippen molar-refractivity contribution in [3.05, 3.63) is 57.8 Å². The molecule has 112 valence electrons. The molecular weight excluding hydrogens is 337 g/mol. The molecule has 0 aliphatic rings. The summed E-state index contributed by atoms with van der Waals surface area (Å²) < 4.78 is 25.6. The van der Waals surface area contributed by atoms with E-state index < -0.39 is 0 Å². The summed E-state index contributed by atoms with van der Waals surface area (Å²) >= 11 is 3.38. The van der Waals surface area contributed by atoms with Crippen molar-refractivity contribution in [3.8, 4) is 11.5 Å². The van der Waals surface area contributed by atoms with Gasteiger partial charge in [0.25, 0.3) is 0 Å². The summed E-state index contributed by atoms with van der Waals surface area (Å²) in [6, 6.07) is 10.1. The van der Waals surface area contributed by atoms with E-state index in [4.69, 9.17) is 9.47 Å². The van der Waals surface area contributed by atoms with Crippen LogP contribution in [0.5, 0.6) is 11.5 Å². The van der Waals surface area contributed by atoms with Gasteiger partial charge in [-0.05, 0) is 37.4 Å². The molecule has 0 spiro atoms. The van der Waals surface area contributed by atoms with E-state index in [1.807, 2.05) is 12.1 Å². The number of nitrogens with one attached hydrogen (secondary N) is 1. The average molecular weight is 354 g/mol. The van der Waals surface area contributed by atoms with Gasteiger partial charge in [0.15, 0.2) is 0 Å². The fourth-order valence-corrected chi connectivity index (χ4v) is 2.65. The lowest BCUT2D eigenvalue weighted by molar-refractivity contribution is 0.388. The van der Waals surface area contributed by atoms with Crippen molar-refractivity contribution >= 4 is 15.9 Å². The third kappa shape index (κ3) is 3.36. The van der Waals surface area contributed by atoms with Crippen LogP contribution in [0.3, 0.4) is 0 Å². The van der Waals surface area contributed by atoms with Gasteiger partial charge in [-0.1, -0.05) is 15.9 Å². The van der Waals surface area contributed by atoms with Gasteiger partial charge in [-0.15, -0.1) is 0 Å². The van der Waals surface area contributed by atoms with Gasteiger partial charge in [-0.2, -0.15) is 0 Å². The molecule has 21 heavy (non-hydrogen) atoms. The summed E-state index contributed by atoms with van der Waals surface area (Å²) in [6.45, 7) is 0. The molecule has 2 aromatic carbocycles. The molecule has 2 aromatic rings.